The lowest BCUT2D eigenvalue weighted by atomic mass is 10.0. The maximum absolute atomic E-state index is 12.7. The molecule has 0 saturated carbocycles. The van der Waals surface area contributed by atoms with Crippen molar-refractivity contribution in [3.8, 4) is 22.6 Å². The van der Waals surface area contributed by atoms with Gasteiger partial charge < -0.3 is 14.2 Å². The van der Waals surface area contributed by atoms with Crippen LogP contribution in [0.25, 0.3) is 17.2 Å². The summed E-state index contributed by atoms with van der Waals surface area (Å²) in [6.45, 7) is 3.64. The van der Waals surface area contributed by atoms with Crippen molar-refractivity contribution in [2.24, 2.45) is 0 Å². The summed E-state index contributed by atoms with van der Waals surface area (Å²) < 4.78 is 16.3. The van der Waals surface area contributed by atoms with E-state index in [4.69, 9.17) is 14.2 Å². The topological polar surface area (TPSA) is 61.8 Å². The summed E-state index contributed by atoms with van der Waals surface area (Å²) in [7, 11) is 0. The summed E-state index contributed by atoms with van der Waals surface area (Å²) in [5, 5.41) is 0. The molecule has 0 amide bonds. The largest absolute Gasteiger partial charge is 0.479 e. The van der Waals surface area contributed by atoms with Gasteiger partial charge in [0.1, 0.15) is 11.5 Å². The fraction of sp³-hybridized carbons (Fsp3) is 0.154. The Balaban J connectivity index is 1.50. The van der Waals surface area contributed by atoms with Crippen molar-refractivity contribution in [3.05, 3.63) is 89.7 Å². The third-order valence-corrected chi connectivity index (χ3v) is 4.89. The smallest absolute Gasteiger partial charge is 0.347 e. The molecule has 5 nitrogen and oxygen atoms in total. The van der Waals surface area contributed by atoms with E-state index in [1.807, 2.05) is 42.5 Å². The first kappa shape index (κ1) is 20.4. The van der Waals surface area contributed by atoms with E-state index in [9.17, 15) is 9.59 Å². The van der Waals surface area contributed by atoms with Gasteiger partial charge >= 0.3 is 5.97 Å². The van der Waals surface area contributed by atoms with Crippen molar-refractivity contribution in [3.63, 3.8) is 0 Å². The zero-order valence-electron chi connectivity index (χ0n) is 17.3. The lowest BCUT2D eigenvalue weighted by molar-refractivity contribution is -0.150. The summed E-state index contributed by atoms with van der Waals surface area (Å²) in [6, 6.07) is 22.9. The van der Waals surface area contributed by atoms with Crippen molar-refractivity contribution in [2.75, 3.05) is 6.61 Å². The SMILES string of the molecule is CCOC(=O)[C@@H](C)Oc1ccc2c(c1)OC(=Cc1ccc(-c3ccccc3)cc1)C2=O. The van der Waals surface area contributed by atoms with Crippen molar-refractivity contribution >= 4 is 17.8 Å². The molecule has 3 aromatic carbocycles. The van der Waals surface area contributed by atoms with E-state index in [1.54, 1.807) is 38.1 Å². The Morgan fingerprint density at radius 3 is 2.42 bits per heavy atom. The van der Waals surface area contributed by atoms with Gasteiger partial charge in [0, 0.05) is 6.07 Å². The first-order valence-electron chi connectivity index (χ1n) is 10.1. The van der Waals surface area contributed by atoms with Crippen LogP contribution in [0.2, 0.25) is 0 Å². The van der Waals surface area contributed by atoms with Gasteiger partial charge in [0.25, 0.3) is 0 Å². The molecule has 1 atom stereocenters. The lowest BCUT2D eigenvalue weighted by Crippen LogP contribution is -2.26. The number of fused-ring (bicyclic) bond motifs is 1. The molecule has 0 aromatic heterocycles. The fourth-order valence-electron chi connectivity index (χ4n) is 3.31. The van der Waals surface area contributed by atoms with Crippen LogP contribution in [-0.4, -0.2) is 24.5 Å². The number of ketones is 1. The van der Waals surface area contributed by atoms with Crippen LogP contribution in [-0.2, 0) is 9.53 Å². The highest BCUT2D eigenvalue weighted by molar-refractivity contribution is 6.14. The molecule has 3 aromatic rings. The van der Waals surface area contributed by atoms with E-state index in [0.717, 1.165) is 16.7 Å². The number of ether oxygens (including phenoxy) is 3. The Kier molecular flexibility index (Phi) is 5.85. The van der Waals surface area contributed by atoms with Crippen LogP contribution in [0.4, 0.5) is 0 Å². The molecule has 4 rings (SSSR count). The molecule has 0 spiro atoms. The minimum absolute atomic E-state index is 0.188. The Bertz CT molecular complexity index is 1130. The van der Waals surface area contributed by atoms with Crippen molar-refractivity contribution < 1.29 is 23.8 Å². The molecule has 0 unspecified atom stereocenters. The molecule has 0 radical (unpaired) electrons. The summed E-state index contributed by atoms with van der Waals surface area (Å²) in [5.74, 6) is 0.455. The average molecular weight is 414 g/mol. The van der Waals surface area contributed by atoms with E-state index in [2.05, 4.69) is 12.1 Å². The number of esters is 1. The van der Waals surface area contributed by atoms with Gasteiger partial charge in [-0.1, -0.05) is 54.6 Å². The van der Waals surface area contributed by atoms with Crippen LogP contribution in [0.5, 0.6) is 11.5 Å². The second-order valence-electron chi connectivity index (χ2n) is 7.10. The van der Waals surface area contributed by atoms with E-state index in [-0.39, 0.29) is 18.1 Å². The monoisotopic (exact) mass is 414 g/mol. The molecule has 0 saturated heterocycles. The predicted molar refractivity (Wildman–Crippen MR) is 118 cm³/mol. The highest BCUT2D eigenvalue weighted by Gasteiger charge is 2.28. The number of benzene rings is 3. The molecule has 1 heterocycles. The Morgan fingerprint density at radius 2 is 1.71 bits per heavy atom. The summed E-state index contributed by atoms with van der Waals surface area (Å²) in [5.41, 5.74) is 3.56. The zero-order valence-corrected chi connectivity index (χ0v) is 17.3. The van der Waals surface area contributed by atoms with E-state index >= 15 is 0 Å². The van der Waals surface area contributed by atoms with Crippen LogP contribution in [0.1, 0.15) is 29.8 Å². The summed E-state index contributed by atoms with van der Waals surface area (Å²) in [6.07, 6.45) is 0.965. The maximum atomic E-state index is 12.7. The Hall–Kier alpha value is -3.86. The minimum atomic E-state index is -0.756. The molecule has 5 heteroatoms. The number of rotatable bonds is 6. The van der Waals surface area contributed by atoms with Crippen LogP contribution >= 0.6 is 0 Å². The lowest BCUT2D eigenvalue weighted by Gasteiger charge is -2.13. The van der Waals surface area contributed by atoms with Crippen LogP contribution < -0.4 is 9.47 Å². The summed E-state index contributed by atoms with van der Waals surface area (Å²) in [4.78, 5) is 24.5. The standard InChI is InChI=1S/C26H22O5/c1-3-29-26(28)17(2)30-21-13-14-22-23(16-21)31-24(25(22)27)15-18-9-11-20(12-10-18)19-7-5-4-6-8-19/h4-17H,3H2,1-2H3/t17-/m1/s1. The second-order valence-corrected chi connectivity index (χ2v) is 7.10. The van der Waals surface area contributed by atoms with Gasteiger partial charge in [0.2, 0.25) is 5.78 Å². The molecular weight excluding hydrogens is 392 g/mol. The van der Waals surface area contributed by atoms with Crippen molar-refractivity contribution in [1.29, 1.82) is 0 Å². The van der Waals surface area contributed by atoms with Gasteiger partial charge in [-0.15, -0.1) is 0 Å². The number of carbonyl (C=O) groups is 2. The molecule has 0 aliphatic carbocycles. The van der Waals surface area contributed by atoms with E-state index < -0.39 is 12.1 Å². The molecule has 31 heavy (non-hydrogen) atoms. The maximum Gasteiger partial charge on any atom is 0.347 e. The van der Waals surface area contributed by atoms with E-state index in [1.165, 1.54) is 0 Å². The molecule has 1 aliphatic rings. The minimum Gasteiger partial charge on any atom is -0.479 e. The number of Topliss-reactive ketones (excluding diaryl/α,β-unsaturated/α-hetero) is 1. The Morgan fingerprint density at radius 1 is 1.00 bits per heavy atom. The normalized spacial score (nSPS) is 14.6. The zero-order chi connectivity index (χ0) is 21.8. The Labute approximate surface area is 180 Å². The first-order valence-corrected chi connectivity index (χ1v) is 10.1. The van der Waals surface area contributed by atoms with Gasteiger partial charge in [-0.25, -0.2) is 4.79 Å². The van der Waals surface area contributed by atoms with Crippen LogP contribution in [0, 0.1) is 0 Å². The number of hydrogen-bond donors (Lipinski definition) is 0. The highest BCUT2D eigenvalue weighted by atomic mass is 16.6. The second kappa shape index (κ2) is 8.88. The van der Waals surface area contributed by atoms with E-state index in [0.29, 0.717) is 17.1 Å². The van der Waals surface area contributed by atoms with Gasteiger partial charge in [0.05, 0.1) is 12.2 Å². The first-order chi connectivity index (χ1) is 15.0. The van der Waals surface area contributed by atoms with Crippen LogP contribution in [0.3, 0.4) is 0 Å². The quantitative estimate of drug-likeness (QED) is 0.405. The number of allylic oxidation sites excluding steroid dienone is 1. The van der Waals surface area contributed by atoms with Gasteiger partial charge in [-0.2, -0.15) is 0 Å². The molecule has 0 fully saturated rings. The van der Waals surface area contributed by atoms with Crippen LogP contribution in [0.15, 0.2) is 78.6 Å². The highest BCUT2D eigenvalue weighted by Crippen LogP contribution is 2.35. The fourth-order valence-corrected chi connectivity index (χ4v) is 3.31. The third kappa shape index (κ3) is 4.51. The molecule has 0 bridgehead atoms. The van der Waals surface area contributed by atoms with Gasteiger partial charge in [-0.05, 0) is 48.7 Å². The van der Waals surface area contributed by atoms with Gasteiger partial charge in [0.15, 0.2) is 11.9 Å². The van der Waals surface area contributed by atoms with Crippen molar-refractivity contribution in [2.45, 2.75) is 20.0 Å². The number of carbonyl (C=O) groups excluding carboxylic acids is 2. The summed E-state index contributed by atoms with van der Waals surface area (Å²) >= 11 is 0. The predicted octanol–water partition coefficient (Wildman–Crippen LogP) is 5.30. The molecule has 1 aliphatic heterocycles. The van der Waals surface area contributed by atoms with Gasteiger partial charge in [-0.3, -0.25) is 4.79 Å². The number of hydrogen-bond acceptors (Lipinski definition) is 5. The van der Waals surface area contributed by atoms with Crippen molar-refractivity contribution in [1.82, 2.24) is 0 Å². The molecular formula is C26H22O5. The molecule has 156 valence electrons. The third-order valence-electron chi connectivity index (χ3n) is 4.89. The molecule has 0 N–H and O–H groups in total. The average Bonchev–Trinajstić information content (AvgIpc) is 3.09.